The van der Waals surface area contributed by atoms with Crippen LogP contribution >= 0.6 is 11.6 Å². The molecule has 0 bridgehead atoms. The van der Waals surface area contributed by atoms with Gasteiger partial charge in [-0.3, -0.25) is 14.5 Å². The molecule has 1 aromatic carbocycles. The monoisotopic (exact) mass is 513 g/mol. The lowest BCUT2D eigenvalue weighted by molar-refractivity contribution is -0.130. The summed E-state index contributed by atoms with van der Waals surface area (Å²) in [6.45, 7) is 5.25. The molecular formula is C25H32ClN7O3. The summed E-state index contributed by atoms with van der Waals surface area (Å²) in [5, 5.41) is 11.8. The highest BCUT2D eigenvalue weighted by molar-refractivity contribution is 6.30. The Labute approximate surface area is 215 Å². The molecule has 0 radical (unpaired) electrons. The summed E-state index contributed by atoms with van der Waals surface area (Å²) < 4.78 is 1.82. The SMILES string of the molecule is CC1(C)NC(=O)N(CCc2nnc3n2CCN([C@H]2CC[C@](CN)(c4cccc(Cl)c4)CC2)C3=O)C1=O. The van der Waals surface area contributed by atoms with Gasteiger partial charge < -0.3 is 20.5 Å². The minimum atomic E-state index is -0.911. The summed E-state index contributed by atoms with van der Waals surface area (Å²) in [7, 11) is 0. The standard InChI is InChI=1S/C25H32ClN7O3/c1-24(2)22(35)33(23(36)28-24)11-8-19-29-30-20-21(34)31(12-13-32(19)20)18-6-9-25(15-27,10-7-18)16-4-3-5-17(26)14-16/h3-5,14,18H,6-13,15,27H2,1-2H3,(H,28,36)/t18-,25-. The topological polar surface area (TPSA) is 126 Å². The first-order valence-corrected chi connectivity index (χ1v) is 12.9. The minimum Gasteiger partial charge on any atom is -0.331 e. The molecule has 3 N–H and O–H groups in total. The van der Waals surface area contributed by atoms with Gasteiger partial charge in [0.1, 0.15) is 11.4 Å². The number of fused-ring (bicyclic) bond motifs is 1. The van der Waals surface area contributed by atoms with Gasteiger partial charge in [0.15, 0.2) is 0 Å². The quantitative estimate of drug-likeness (QED) is 0.569. The van der Waals surface area contributed by atoms with Crippen LogP contribution in [0.15, 0.2) is 24.3 Å². The zero-order valence-corrected chi connectivity index (χ0v) is 21.4. The van der Waals surface area contributed by atoms with Gasteiger partial charge in [-0.2, -0.15) is 0 Å². The molecule has 36 heavy (non-hydrogen) atoms. The minimum absolute atomic E-state index is 0.121. The van der Waals surface area contributed by atoms with Crippen molar-refractivity contribution in [3.8, 4) is 0 Å². The molecule has 0 unspecified atom stereocenters. The lowest BCUT2D eigenvalue weighted by atomic mass is 9.68. The van der Waals surface area contributed by atoms with E-state index in [4.69, 9.17) is 17.3 Å². The van der Waals surface area contributed by atoms with Crippen LogP contribution < -0.4 is 11.1 Å². The molecule has 192 valence electrons. The molecule has 1 saturated heterocycles. The smallest absolute Gasteiger partial charge is 0.325 e. The Morgan fingerprint density at radius 3 is 2.53 bits per heavy atom. The van der Waals surface area contributed by atoms with E-state index in [1.54, 1.807) is 13.8 Å². The van der Waals surface area contributed by atoms with Gasteiger partial charge in [-0.25, -0.2) is 4.79 Å². The molecule has 1 saturated carbocycles. The van der Waals surface area contributed by atoms with Crippen molar-refractivity contribution in [3.63, 3.8) is 0 Å². The zero-order valence-electron chi connectivity index (χ0n) is 20.7. The van der Waals surface area contributed by atoms with Gasteiger partial charge in [-0.15, -0.1) is 10.2 Å². The first-order valence-electron chi connectivity index (χ1n) is 12.5. The molecule has 2 aromatic rings. The van der Waals surface area contributed by atoms with Crippen LogP contribution in [0.2, 0.25) is 5.02 Å². The summed E-state index contributed by atoms with van der Waals surface area (Å²) in [6, 6.07) is 7.65. The highest BCUT2D eigenvalue weighted by Crippen LogP contribution is 2.41. The van der Waals surface area contributed by atoms with E-state index in [1.165, 1.54) is 10.5 Å². The number of carbonyl (C=O) groups excluding carboxylic acids is 3. The van der Waals surface area contributed by atoms with Crippen molar-refractivity contribution in [2.75, 3.05) is 19.6 Å². The molecule has 0 atom stereocenters. The summed E-state index contributed by atoms with van der Waals surface area (Å²) in [5.41, 5.74) is 6.38. The van der Waals surface area contributed by atoms with Crippen LogP contribution in [0.5, 0.6) is 0 Å². The highest BCUT2D eigenvalue weighted by atomic mass is 35.5. The van der Waals surface area contributed by atoms with Gasteiger partial charge in [0.05, 0.1) is 0 Å². The number of amides is 4. The number of nitrogens with zero attached hydrogens (tertiary/aromatic N) is 5. The van der Waals surface area contributed by atoms with Crippen molar-refractivity contribution >= 4 is 29.4 Å². The Morgan fingerprint density at radius 2 is 1.89 bits per heavy atom. The first-order chi connectivity index (χ1) is 17.1. The van der Waals surface area contributed by atoms with Gasteiger partial charge in [0.25, 0.3) is 11.8 Å². The highest BCUT2D eigenvalue weighted by Gasteiger charge is 2.44. The van der Waals surface area contributed by atoms with E-state index in [2.05, 4.69) is 21.6 Å². The van der Waals surface area contributed by atoms with E-state index in [1.807, 2.05) is 27.7 Å². The average Bonchev–Trinajstić information content (AvgIpc) is 3.36. The molecule has 4 amide bonds. The number of nitrogens with two attached hydrogens (primary N) is 1. The fraction of sp³-hybridized carbons (Fsp3) is 0.560. The van der Waals surface area contributed by atoms with Crippen LogP contribution in [0, 0.1) is 0 Å². The van der Waals surface area contributed by atoms with Gasteiger partial charge in [-0.1, -0.05) is 23.7 Å². The molecule has 3 aliphatic rings. The zero-order chi connectivity index (χ0) is 25.7. The summed E-state index contributed by atoms with van der Waals surface area (Å²) in [4.78, 5) is 41.1. The third-order valence-corrected chi connectivity index (χ3v) is 8.26. The third-order valence-electron chi connectivity index (χ3n) is 8.03. The second kappa shape index (κ2) is 9.15. The summed E-state index contributed by atoms with van der Waals surface area (Å²) in [6.07, 6.45) is 3.84. The van der Waals surface area contributed by atoms with Crippen molar-refractivity contribution < 1.29 is 14.4 Å². The lowest BCUT2D eigenvalue weighted by Crippen LogP contribution is -2.51. The van der Waals surface area contributed by atoms with Gasteiger partial charge >= 0.3 is 6.03 Å². The van der Waals surface area contributed by atoms with Crippen LogP contribution in [0.3, 0.4) is 0 Å². The fourth-order valence-corrected chi connectivity index (χ4v) is 6.02. The Balaban J connectivity index is 1.24. The Kier molecular flexibility index (Phi) is 6.28. The maximum Gasteiger partial charge on any atom is 0.325 e. The van der Waals surface area contributed by atoms with Crippen LogP contribution in [-0.4, -0.2) is 73.6 Å². The molecular weight excluding hydrogens is 482 g/mol. The normalized spacial score (nSPS) is 25.8. The van der Waals surface area contributed by atoms with Crippen molar-refractivity contribution in [3.05, 3.63) is 46.5 Å². The second-order valence-electron chi connectivity index (χ2n) is 10.6. The Morgan fingerprint density at radius 1 is 1.14 bits per heavy atom. The number of aromatic nitrogens is 3. The molecule has 3 heterocycles. The van der Waals surface area contributed by atoms with E-state index in [-0.39, 0.29) is 29.8 Å². The number of benzene rings is 1. The first kappa shape index (κ1) is 24.7. The maximum absolute atomic E-state index is 13.4. The third kappa shape index (κ3) is 4.16. The second-order valence-corrected chi connectivity index (χ2v) is 11.0. The predicted octanol–water partition coefficient (Wildman–Crippen LogP) is 2.10. The van der Waals surface area contributed by atoms with Crippen molar-refractivity contribution in [1.29, 1.82) is 0 Å². The fourth-order valence-electron chi connectivity index (χ4n) is 5.83. The predicted molar refractivity (Wildman–Crippen MR) is 134 cm³/mol. The summed E-state index contributed by atoms with van der Waals surface area (Å²) in [5.74, 6) is 0.537. The van der Waals surface area contributed by atoms with E-state index < -0.39 is 11.6 Å². The Bertz CT molecular complexity index is 1200. The van der Waals surface area contributed by atoms with E-state index >= 15 is 0 Å². The van der Waals surface area contributed by atoms with Gasteiger partial charge in [-0.05, 0) is 57.2 Å². The van der Waals surface area contributed by atoms with E-state index in [0.717, 1.165) is 25.7 Å². The molecule has 1 aliphatic carbocycles. The number of carbonyl (C=O) groups is 3. The van der Waals surface area contributed by atoms with Crippen LogP contribution in [-0.2, 0) is 23.2 Å². The van der Waals surface area contributed by atoms with Crippen LogP contribution in [0.25, 0.3) is 0 Å². The Hall–Kier alpha value is -2.98. The molecule has 11 heteroatoms. The average molecular weight is 514 g/mol. The van der Waals surface area contributed by atoms with Crippen LogP contribution in [0.4, 0.5) is 4.79 Å². The van der Waals surface area contributed by atoms with Gasteiger partial charge in [0.2, 0.25) is 5.82 Å². The molecule has 2 aliphatic heterocycles. The maximum atomic E-state index is 13.4. The molecule has 5 rings (SSSR count). The number of urea groups is 1. The summed E-state index contributed by atoms with van der Waals surface area (Å²) >= 11 is 6.24. The number of hydrogen-bond donors (Lipinski definition) is 2. The number of rotatable bonds is 6. The molecule has 1 aromatic heterocycles. The van der Waals surface area contributed by atoms with Crippen LogP contribution in [0.1, 0.15) is 61.5 Å². The number of nitrogens with one attached hydrogen (secondary N) is 1. The molecule has 2 fully saturated rings. The number of imide groups is 1. The number of halogens is 1. The van der Waals surface area contributed by atoms with E-state index in [9.17, 15) is 14.4 Å². The molecule has 10 nitrogen and oxygen atoms in total. The molecule has 0 spiro atoms. The van der Waals surface area contributed by atoms with Crippen molar-refractivity contribution in [2.24, 2.45) is 5.73 Å². The van der Waals surface area contributed by atoms with Crippen molar-refractivity contribution in [2.45, 2.75) is 69.5 Å². The van der Waals surface area contributed by atoms with E-state index in [0.29, 0.717) is 42.7 Å². The lowest BCUT2D eigenvalue weighted by Gasteiger charge is -2.44. The van der Waals surface area contributed by atoms with Gasteiger partial charge in [0, 0.05) is 49.1 Å². The largest absolute Gasteiger partial charge is 0.331 e. The van der Waals surface area contributed by atoms with Crippen molar-refractivity contribution in [1.82, 2.24) is 29.9 Å². The number of hydrogen-bond acceptors (Lipinski definition) is 6.